The number of nitrogens with one attached hydrogen (secondary N) is 12. The second-order valence-electron chi connectivity index (χ2n) is 36.3. The summed E-state index contributed by atoms with van der Waals surface area (Å²) >= 11 is 0. The van der Waals surface area contributed by atoms with Gasteiger partial charge in [-0.25, -0.2) is 0 Å². The van der Waals surface area contributed by atoms with Crippen LogP contribution in [0.1, 0.15) is 317 Å². The predicted molar refractivity (Wildman–Crippen MR) is 556 cm³/mol. The number of nitrogens with zero attached hydrogens (tertiary/aromatic N) is 2. The molecule has 0 amide bonds. The van der Waals surface area contributed by atoms with Gasteiger partial charge in [0.25, 0.3) is 0 Å². The molecule has 10 rings (SSSR count). The molecule has 746 valence electrons. The molecular formula is C108H154N20O10. The zero-order chi connectivity index (χ0) is 98.8. The molecule has 2 aliphatic carbocycles. The molecule has 26 N–H and O–H groups in total. The van der Waals surface area contributed by atoms with E-state index < -0.39 is 0 Å². The van der Waals surface area contributed by atoms with E-state index in [-0.39, 0.29) is 113 Å². The van der Waals surface area contributed by atoms with Gasteiger partial charge in [-0.05, 0) is 295 Å². The van der Waals surface area contributed by atoms with Crippen LogP contribution in [0.15, 0.2) is 107 Å². The van der Waals surface area contributed by atoms with Crippen LogP contribution in [-0.4, -0.2) is 111 Å². The maximum absolute atomic E-state index is 12.1. The number of hydrogen-bond donors (Lipinski definition) is 20. The van der Waals surface area contributed by atoms with E-state index in [1.807, 2.05) is 0 Å². The van der Waals surface area contributed by atoms with Crippen molar-refractivity contribution in [3.63, 3.8) is 0 Å². The molecule has 0 aromatic heterocycles. The van der Waals surface area contributed by atoms with Crippen molar-refractivity contribution >= 4 is 47.6 Å². The maximum atomic E-state index is 12.1. The fourth-order valence-corrected chi connectivity index (χ4v) is 17.5. The quantitative estimate of drug-likeness (QED) is 0.00956. The van der Waals surface area contributed by atoms with E-state index in [9.17, 15) is 10.2 Å². The van der Waals surface area contributed by atoms with Gasteiger partial charge in [0.15, 0.2) is 47.6 Å². The lowest BCUT2D eigenvalue weighted by molar-refractivity contribution is 0.296. The van der Waals surface area contributed by atoms with E-state index in [0.29, 0.717) is 129 Å². The molecule has 0 radical (unpaired) electrons. The Morgan fingerprint density at radius 1 is 0.232 bits per heavy atom. The summed E-state index contributed by atoms with van der Waals surface area (Å²) in [5.74, 6) is 4.70. The number of unbranched alkanes of at least 4 members (excludes halogenated alkanes) is 9. The van der Waals surface area contributed by atoms with Crippen LogP contribution in [0, 0.1) is 32.5 Å². The summed E-state index contributed by atoms with van der Waals surface area (Å²) in [4.78, 5) is 9.88. The molecule has 0 heterocycles. The van der Waals surface area contributed by atoms with Crippen LogP contribution in [0.4, 0.5) is 0 Å². The van der Waals surface area contributed by atoms with Gasteiger partial charge in [-0.15, -0.1) is 0 Å². The molecule has 2 aliphatic rings. The van der Waals surface area contributed by atoms with Crippen LogP contribution in [0.5, 0.6) is 46.0 Å². The lowest BCUT2D eigenvalue weighted by Gasteiger charge is -2.25. The zero-order valence-corrected chi connectivity index (χ0v) is 82.9. The van der Waals surface area contributed by atoms with Gasteiger partial charge in [-0.1, -0.05) is 107 Å². The molecule has 0 atom stereocenters. The van der Waals surface area contributed by atoms with E-state index in [1.54, 1.807) is 0 Å². The number of rotatable bonds is 53. The van der Waals surface area contributed by atoms with Crippen molar-refractivity contribution in [2.75, 3.05) is 52.9 Å². The average molecular weight is 1890 g/mol. The van der Waals surface area contributed by atoms with Crippen molar-refractivity contribution in [1.82, 2.24) is 31.9 Å². The van der Waals surface area contributed by atoms with Gasteiger partial charge < -0.3 is 114 Å². The van der Waals surface area contributed by atoms with Gasteiger partial charge >= 0.3 is 0 Å². The SMILES string of the molecule is CCCCOc1c2cc(CN=C(O)CCCCC(O)=NCc3cc4c(OCCCC)c(c3)Cc3cc(CNC(=N)N)cc(c3OCCCC)Cc3cc(CNC(=N)N)cc(c3OCCCC)Cc3cc(CNC(=N)N)cc(c3OCCCC)C4)cc1Cc1cc(CNC(=N)N)cc(c1OCCCC)Cc1cc(CNC(=N)N)cc(c1OCCCC)Cc1cc(CNC(=N)N)cc(c1OCCCC)C2. The lowest BCUT2D eigenvalue weighted by Crippen LogP contribution is -2.29. The molecule has 0 aliphatic heterocycles. The number of aliphatic imine (C=N–C) groups is 2. The standard InChI is InChI=1S/C108H154N20O10/c1-9-17-29-131-95-77-37-69(38-78(95)54-82-42-72(64-124-104(111)112)46-86(98(82)134-32-20-12-4)58-90-50-75(67-127-107(117)118)49-89(101(90)137-35-23-15-7)57-85-45-71(63-123-103(109)110)41-81(53-77)97(85)133-31-19-11-3)61-121-93(129)27-25-26-28-94(130)122-62-70-39-79-55-83-43-73(65-125-105(113)114)47-87(99(83)135-33-21-13-5)59-91-51-76(68-128-108(119)120)52-92(102(91)138-36-24-16-8)60-88-48-74(66-126-106(115)116)44-84(100(88)136-34-22-14-6)56-80(40-70)96(79)132-30-18-10-2/h37-52H,9-36,53-68H2,1-8H3,(H,121,129)(H,122,130)(H4,109,110,123)(H4,111,112,124)(H4,113,114,125)(H4,115,116,126)(H4,117,118,127)(H4,119,120,128). The third-order valence-electron chi connectivity index (χ3n) is 24.3. The third-order valence-corrected chi connectivity index (χ3v) is 24.3. The average Bonchev–Trinajstić information content (AvgIpc) is 0.773. The molecule has 0 spiro atoms. The minimum absolute atomic E-state index is 0.0441. The fraction of sp³-hybridized carbons (Fsp3) is 0.481. The largest absolute Gasteiger partial charge is 0.497 e. The predicted octanol–water partition coefficient (Wildman–Crippen LogP) is 17.5. The molecular weight excluding hydrogens is 1740 g/mol. The minimum atomic E-state index is -0.168. The number of benzene rings is 8. The summed E-state index contributed by atoms with van der Waals surface area (Å²) in [5.41, 5.74) is 57.5. The van der Waals surface area contributed by atoms with Crippen molar-refractivity contribution in [3.8, 4) is 46.0 Å². The molecule has 138 heavy (non-hydrogen) atoms. The first-order chi connectivity index (χ1) is 66.8. The van der Waals surface area contributed by atoms with E-state index >= 15 is 0 Å². The van der Waals surface area contributed by atoms with Crippen LogP contribution in [0.25, 0.3) is 0 Å². The number of ether oxygens (including phenoxy) is 8. The van der Waals surface area contributed by atoms with Crippen molar-refractivity contribution in [1.29, 1.82) is 32.5 Å². The van der Waals surface area contributed by atoms with Crippen molar-refractivity contribution in [2.45, 2.75) is 288 Å². The molecule has 0 saturated carbocycles. The van der Waals surface area contributed by atoms with E-state index in [0.717, 1.165) is 271 Å². The molecule has 0 fully saturated rings. The van der Waals surface area contributed by atoms with E-state index in [2.05, 4.69) is 184 Å². The number of fused-ring (bicyclic) bond motifs is 16. The second kappa shape index (κ2) is 55.8. The topological polar surface area (TPSA) is 510 Å². The summed E-state index contributed by atoms with van der Waals surface area (Å²) < 4.78 is 56.7. The summed E-state index contributed by atoms with van der Waals surface area (Å²) in [5, 5.41) is 92.5. The number of hydrogen-bond acceptors (Lipinski definition) is 16. The highest BCUT2D eigenvalue weighted by Crippen LogP contribution is 2.45. The normalized spacial score (nSPS) is 12.3. The number of guanidine groups is 6. The first-order valence-corrected chi connectivity index (χ1v) is 49.9. The monoisotopic (exact) mass is 1890 g/mol. The Morgan fingerprint density at radius 3 is 0.486 bits per heavy atom. The van der Waals surface area contributed by atoms with Gasteiger partial charge in [-0.3, -0.25) is 42.4 Å². The second-order valence-corrected chi connectivity index (χ2v) is 36.3. The fourth-order valence-electron chi connectivity index (χ4n) is 17.5. The zero-order valence-electron chi connectivity index (χ0n) is 82.9. The third kappa shape index (κ3) is 33.3. The smallest absolute Gasteiger partial charge is 0.185 e. The Labute approximate surface area is 816 Å². The summed E-state index contributed by atoms with van der Waals surface area (Å²) in [6.45, 7) is 22.5. The molecule has 8 aromatic rings. The highest BCUT2D eigenvalue weighted by atomic mass is 16.5. The van der Waals surface area contributed by atoms with Crippen molar-refractivity contribution < 1.29 is 48.1 Å². The van der Waals surface area contributed by atoms with Crippen LogP contribution < -0.4 is 104 Å². The molecule has 8 aromatic carbocycles. The highest BCUT2D eigenvalue weighted by molar-refractivity contribution is 5.78. The Balaban J connectivity index is 1.06. The van der Waals surface area contributed by atoms with Crippen LogP contribution >= 0.6 is 0 Å². The molecule has 30 nitrogen and oxygen atoms in total. The molecule has 0 saturated heterocycles. The molecule has 30 heteroatoms. The van der Waals surface area contributed by atoms with E-state index in [1.165, 1.54) is 0 Å². The first-order valence-electron chi connectivity index (χ1n) is 49.9. The van der Waals surface area contributed by atoms with Crippen molar-refractivity contribution in [2.24, 2.45) is 44.4 Å². The lowest BCUT2D eigenvalue weighted by atomic mass is 9.88. The Morgan fingerprint density at radius 2 is 0.362 bits per heavy atom. The summed E-state index contributed by atoms with van der Waals surface area (Å²) in [6, 6.07) is 34.1. The number of aliphatic hydroxyl groups excluding tert-OH is 2. The Kier molecular flexibility index (Phi) is 43.2. The highest BCUT2D eigenvalue weighted by Gasteiger charge is 2.30. The number of aliphatic hydroxyl groups is 2. The van der Waals surface area contributed by atoms with Gasteiger partial charge in [0, 0.05) is 103 Å². The minimum Gasteiger partial charge on any atom is -0.497 e. The first kappa shape index (κ1) is 107. The van der Waals surface area contributed by atoms with Gasteiger partial charge in [0.2, 0.25) is 0 Å². The molecule has 16 bridgehead atoms. The summed E-state index contributed by atoms with van der Waals surface area (Å²) in [6.07, 6.45) is 17.8. The van der Waals surface area contributed by atoms with Gasteiger partial charge in [-0.2, -0.15) is 0 Å². The maximum Gasteiger partial charge on any atom is 0.185 e. The van der Waals surface area contributed by atoms with Gasteiger partial charge in [0.05, 0.1) is 65.9 Å². The molecule has 0 unspecified atom stereocenters. The van der Waals surface area contributed by atoms with E-state index in [4.69, 9.17) is 115 Å². The van der Waals surface area contributed by atoms with Crippen LogP contribution in [0.3, 0.4) is 0 Å². The Hall–Kier alpha value is -13.3. The number of nitrogens with two attached hydrogens (primary N) is 6. The van der Waals surface area contributed by atoms with Crippen LogP contribution in [-0.2, 0) is 104 Å². The Bertz CT molecular complexity index is 4910. The van der Waals surface area contributed by atoms with Crippen molar-refractivity contribution in [3.05, 3.63) is 231 Å². The summed E-state index contributed by atoms with van der Waals surface area (Å²) in [7, 11) is 0. The van der Waals surface area contributed by atoms with Crippen LogP contribution in [0.2, 0.25) is 0 Å². The van der Waals surface area contributed by atoms with Gasteiger partial charge in [0.1, 0.15) is 46.0 Å².